The number of benzene rings is 1. The molecule has 0 spiro atoms. The summed E-state index contributed by atoms with van der Waals surface area (Å²) >= 11 is 0. The summed E-state index contributed by atoms with van der Waals surface area (Å²) in [5.41, 5.74) is 1.34. The van der Waals surface area contributed by atoms with E-state index in [4.69, 9.17) is 0 Å². The van der Waals surface area contributed by atoms with E-state index in [1.165, 1.54) is 69.8 Å². The van der Waals surface area contributed by atoms with Gasteiger partial charge in [-0.1, -0.05) is 75.6 Å². The Bertz CT molecular complexity index is 382. The third-order valence-corrected chi connectivity index (χ3v) is 3.80. The van der Waals surface area contributed by atoms with Crippen LogP contribution in [-0.2, 0) is 11.2 Å². The number of hydrogen-bond acceptors (Lipinski definition) is 2. The molecule has 1 aromatic rings. The summed E-state index contributed by atoms with van der Waals surface area (Å²) in [5, 5.41) is 0. The summed E-state index contributed by atoms with van der Waals surface area (Å²) in [6.45, 7) is 0.655. The summed E-state index contributed by atoms with van der Waals surface area (Å²) in [6, 6.07) is 11.6. The van der Waals surface area contributed by atoms with Crippen LogP contribution in [0.15, 0.2) is 29.3 Å². The smallest absolute Gasteiger partial charge is 0.211 e. The van der Waals surface area contributed by atoms with E-state index in [1.807, 2.05) is 12.1 Å². The Balaban J connectivity index is 1.77. The second-order valence-corrected chi connectivity index (χ2v) is 5.65. The van der Waals surface area contributed by atoms with E-state index in [1.54, 1.807) is 6.08 Å². The molecule has 1 aromatic carbocycles. The largest absolute Gasteiger partial charge is 0.234 e. The molecule has 2 nitrogen and oxygen atoms in total. The Hall–Kier alpha value is -1.40. The first-order valence-electron chi connectivity index (χ1n) is 8.42. The molecule has 0 heterocycles. The average molecular weight is 286 g/mol. The third kappa shape index (κ3) is 11.0. The fraction of sp³-hybridized carbons (Fsp3) is 0.632. The number of carbonyl (C=O) groups excluding carboxylic acids is 1. The Morgan fingerprint density at radius 3 is 2.05 bits per heavy atom. The lowest BCUT2D eigenvalue weighted by Gasteiger charge is -2.03. The van der Waals surface area contributed by atoms with Gasteiger partial charge in [0.2, 0.25) is 6.08 Å². The maximum atomic E-state index is 9.87. The molecular weight excluding hydrogens is 258 g/mol. The van der Waals surface area contributed by atoms with E-state index in [2.05, 4.69) is 23.2 Å². The maximum Gasteiger partial charge on any atom is 0.234 e. The molecule has 0 atom stereocenters. The van der Waals surface area contributed by atoms with Crippen LogP contribution in [0.4, 0.5) is 0 Å². The van der Waals surface area contributed by atoms with E-state index in [9.17, 15) is 4.79 Å². The zero-order valence-corrected chi connectivity index (χ0v) is 13.2. The molecule has 0 unspecified atom stereocenters. The molecule has 2 heteroatoms. The van der Waals surface area contributed by atoms with Crippen molar-refractivity contribution in [3.05, 3.63) is 35.9 Å². The summed E-state index contributed by atoms with van der Waals surface area (Å²) in [5.74, 6) is 0. The number of isocyanates is 1. The highest BCUT2D eigenvalue weighted by molar-refractivity contribution is 5.32. The predicted molar refractivity (Wildman–Crippen MR) is 88.1 cm³/mol. The first kappa shape index (κ1) is 17.7. The van der Waals surface area contributed by atoms with E-state index < -0.39 is 0 Å². The van der Waals surface area contributed by atoms with Crippen molar-refractivity contribution < 1.29 is 4.79 Å². The monoisotopic (exact) mass is 286 g/mol. The van der Waals surface area contributed by atoms with Gasteiger partial charge in [0.25, 0.3) is 0 Å². The molecule has 0 aromatic heterocycles. The average Bonchev–Trinajstić information content (AvgIpc) is 2.53. The Morgan fingerprint density at radius 1 is 0.857 bits per heavy atom. The van der Waals surface area contributed by atoms with Gasteiger partial charge in [0.1, 0.15) is 0 Å². The minimum absolute atomic E-state index is 0.655. The lowest BCUT2D eigenvalue weighted by molar-refractivity contribution is 0.549. The van der Waals surface area contributed by atoms with E-state index in [-0.39, 0.29) is 0 Å². The molecule has 0 saturated heterocycles. The summed E-state index contributed by atoms with van der Waals surface area (Å²) < 4.78 is 0. The quantitative estimate of drug-likeness (QED) is 0.276. The van der Waals surface area contributed by atoms with Gasteiger partial charge >= 0.3 is 0 Å². The standard InChI is InChI=1S/C19H28NO/c21-18-20-17-13-8-6-4-2-1-3-5-7-10-14-19-15-11-9-12-16-19/h9,11-12,15H,1-8,10,13-14,17H2. The molecule has 1 rings (SSSR count). The van der Waals surface area contributed by atoms with Gasteiger partial charge in [0.15, 0.2) is 0 Å². The lowest BCUT2D eigenvalue weighted by Crippen LogP contribution is -1.86. The van der Waals surface area contributed by atoms with Gasteiger partial charge in [0, 0.05) is 0 Å². The van der Waals surface area contributed by atoms with Gasteiger partial charge < -0.3 is 0 Å². The van der Waals surface area contributed by atoms with Crippen molar-refractivity contribution in [1.29, 1.82) is 0 Å². The van der Waals surface area contributed by atoms with Crippen LogP contribution in [0.2, 0.25) is 0 Å². The van der Waals surface area contributed by atoms with Crippen LogP contribution >= 0.6 is 0 Å². The number of unbranched alkanes of at least 4 members (excludes halogenated alkanes) is 9. The molecule has 0 fully saturated rings. The molecule has 0 aliphatic rings. The topological polar surface area (TPSA) is 29.4 Å². The highest BCUT2D eigenvalue weighted by Gasteiger charge is 1.95. The van der Waals surface area contributed by atoms with Crippen molar-refractivity contribution in [3.63, 3.8) is 0 Å². The third-order valence-electron chi connectivity index (χ3n) is 3.80. The zero-order valence-electron chi connectivity index (χ0n) is 13.2. The van der Waals surface area contributed by atoms with Gasteiger partial charge in [-0.15, -0.1) is 0 Å². The van der Waals surface area contributed by atoms with Crippen molar-refractivity contribution in [2.24, 2.45) is 4.99 Å². The predicted octanol–water partition coefficient (Wildman–Crippen LogP) is 5.27. The Labute approximate surface area is 129 Å². The summed E-state index contributed by atoms with van der Waals surface area (Å²) in [6.07, 6.45) is 15.7. The van der Waals surface area contributed by atoms with Crippen molar-refractivity contribution in [3.8, 4) is 0 Å². The van der Waals surface area contributed by atoms with E-state index >= 15 is 0 Å². The first-order valence-corrected chi connectivity index (χ1v) is 8.42. The highest BCUT2D eigenvalue weighted by Crippen LogP contribution is 2.12. The van der Waals surface area contributed by atoms with Crippen LogP contribution in [0.1, 0.15) is 69.8 Å². The molecule has 0 saturated carbocycles. The van der Waals surface area contributed by atoms with Crippen LogP contribution in [0.3, 0.4) is 0 Å². The minimum atomic E-state index is 0.655. The molecule has 115 valence electrons. The molecule has 0 aliphatic heterocycles. The van der Waals surface area contributed by atoms with Crippen LogP contribution in [0.5, 0.6) is 0 Å². The molecule has 0 aliphatic carbocycles. The normalized spacial score (nSPS) is 10.3. The number of rotatable bonds is 13. The van der Waals surface area contributed by atoms with Crippen LogP contribution < -0.4 is 0 Å². The first-order chi connectivity index (χ1) is 10.4. The Kier molecular flexibility index (Phi) is 11.4. The molecule has 0 bridgehead atoms. The second kappa shape index (κ2) is 13.6. The second-order valence-electron chi connectivity index (χ2n) is 5.65. The van der Waals surface area contributed by atoms with Crippen molar-refractivity contribution in [1.82, 2.24) is 0 Å². The van der Waals surface area contributed by atoms with Gasteiger partial charge in [-0.2, -0.15) is 0 Å². The van der Waals surface area contributed by atoms with Gasteiger partial charge in [0.05, 0.1) is 6.54 Å². The molecule has 1 radical (unpaired) electrons. The van der Waals surface area contributed by atoms with E-state index in [0.717, 1.165) is 6.42 Å². The van der Waals surface area contributed by atoms with E-state index in [0.29, 0.717) is 6.54 Å². The van der Waals surface area contributed by atoms with Crippen molar-refractivity contribution in [2.75, 3.05) is 6.54 Å². The van der Waals surface area contributed by atoms with Gasteiger partial charge in [-0.05, 0) is 30.9 Å². The molecule has 21 heavy (non-hydrogen) atoms. The molecular formula is C19H28NO. The number of aliphatic imine (C=N–C) groups is 1. The molecule has 0 amide bonds. The van der Waals surface area contributed by atoms with Crippen LogP contribution in [0, 0.1) is 6.07 Å². The van der Waals surface area contributed by atoms with Crippen LogP contribution in [0.25, 0.3) is 0 Å². The summed E-state index contributed by atoms with van der Waals surface area (Å²) in [4.78, 5) is 13.4. The molecule has 0 N–H and O–H groups in total. The number of aryl methyl sites for hydroxylation is 1. The van der Waals surface area contributed by atoms with Crippen molar-refractivity contribution >= 4 is 6.08 Å². The SMILES string of the molecule is O=C=NCCCCCCCCCCCCc1[c]cccc1. The number of nitrogens with zero attached hydrogens (tertiary/aromatic N) is 1. The highest BCUT2D eigenvalue weighted by atomic mass is 16.1. The van der Waals surface area contributed by atoms with Crippen LogP contribution in [-0.4, -0.2) is 12.6 Å². The Morgan fingerprint density at radius 2 is 1.48 bits per heavy atom. The fourth-order valence-electron chi connectivity index (χ4n) is 2.55. The summed E-state index contributed by atoms with van der Waals surface area (Å²) in [7, 11) is 0. The fourth-order valence-corrected chi connectivity index (χ4v) is 2.55. The lowest BCUT2D eigenvalue weighted by atomic mass is 10.0. The van der Waals surface area contributed by atoms with Gasteiger partial charge in [-0.3, -0.25) is 0 Å². The van der Waals surface area contributed by atoms with Gasteiger partial charge in [-0.25, -0.2) is 9.79 Å². The minimum Gasteiger partial charge on any atom is -0.211 e. The maximum absolute atomic E-state index is 9.87. The van der Waals surface area contributed by atoms with Crippen molar-refractivity contribution in [2.45, 2.75) is 70.6 Å². The zero-order chi connectivity index (χ0) is 15.0. The number of hydrogen-bond donors (Lipinski definition) is 0.